The summed E-state index contributed by atoms with van der Waals surface area (Å²) >= 11 is 0. The summed E-state index contributed by atoms with van der Waals surface area (Å²) in [6.07, 6.45) is 1.32. The van der Waals surface area contributed by atoms with E-state index in [0.717, 1.165) is 11.3 Å². The third-order valence-corrected chi connectivity index (χ3v) is 4.55. The van der Waals surface area contributed by atoms with E-state index in [9.17, 15) is 9.59 Å². The predicted octanol–water partition coefficient (Wildman–Crippen LogP) is 3.04. The zero-order valence-electron chi connectivity index (χ0n) is 17.0. The van der Waals surface area contributed by atoms with Gasteiger partial charge in [-0.05, 0) is 56.5 Å². The van der Waals surface area contributed by atoms with Crippen molar-refractivity contribution in [2.24, 2.45) is 5.92 Å². The zero-order valence-corrected chi connectivity index (χ0v) is 17.0. The molecule has 1 atom stereocenters. The maximum atomic E-state index is 12.5. The summed E-state index contributed by atoms with van der Waals surface area (Å²) in [5.74, 6) is 0.707. The van der Waals surface area contributed by atoms with E-state index in [1.807, 2.05) is 38.1 Å². The van der Waals surface area contributed by atoms with E-state index in [-0.39, 0.29) is 23.9 Å². The minimum absolute atomic E-state index is 0.0128. The molecule has 0 spiro atoms. The number of methoxy groups -OCH3 is 1. The largest absolute Gasteiger partial charge is 0.489 e. The maximum absolute atomic E-state index is 12.5. The molecule has 28 heavy (non-hydrogen) atoms. The van der Waals surface area contributed by atoms with Gasteiger partial charge in [0.05, 0.1) is 6.61 Å². The molecule has 7 heteroatoms. The van der Waals surface area contributed by atoms with E-state index >= 15 is 0 Å². The normalized spacial score (nSPS) is 15.6. The van der Waals surface area contributed by atoms with Crippen LogP contribution in [0.5, 0.6) is 5.75 Å². The Hall–Kier alpha value is -2.54. The highest BCUT2D eigenvalue weighted by atomic mass is 16.5. The smallest absolute Gasteiger partial charge is 0.321 e. The van der Waals surface area contributed by atoms with Crippen LogP contribution >= 0.6 is 0 Å². The van der Waals surface area contributed by atoms with Crippen molar-refractivity contribution in [3.63, 3.8) is 0 Å². The lowest BCUT2D eigenvalue weighted by Crippen LogP contribution is -2.46. The van der Waals surface area contributed by atoms with E-state index in [1.54, 1.807) is 12.0 Å². The molecule has 1 aliphatic rings. The van der Waals surface area contributed by atoms with Crippen molar-refractivity contribution in [1.29, 1.82) is 0 Å². The second-order valence-corrected chi connectivity index (χ2v) is 7.33. The minimum Gasteiger partial charge on any atom is -0.489 e. The molecule has 2 N–H and O–H groups in total. The number of carbonyl (C=O) groups is 2. The van der Waals surface area contributed by atoms with Crippen LogP contribution in [0.4, 0.5) is 10.5 Å². The predicted molar refractivity (Wildman–Crippen MR) is 110 cm³/mol. The van der Waals surface area contributed by atoms with Gasteiger partial charge in [-0.2, -0.15) is 0 Å². The fourth-order valence-electron chi connectivity index (χ4n) is 3.04. The first-order chi connectivity index (χ1) is 13.4. The number of carbonyl (C=O) groups excluding carboxylic acids is 2. The molecule has 1 saturated heterocycles. The number of rotatable bonds is 8. The second kappa shape index (κ2) is 10.7. The van der Waals surface area contributed by atoms with Crippen LogP contribution < -0.4 is 15.4 Å². The van der Waals surface area contributed by atoms with Crippen LogP contribution in [0.1, 0.15) is 26.7 Å². The number of hydrogen-bond acceptors (Lipinski definition) is 4. The van der Waals surface area contributed by atoms with Crippen LogP contribution in [0.15, 0.2) is 36.4 Å². The summed E-state index contributed by atoms with van der Waals surface area (Å²) < 4.78 is 10.6. The third kappa shape index (κ3) is 6.88. The van der Waals surface area contributed by atoms with Crippen LogP contribution in [-0.2, 0) is 9.53 Å². The molecule has 154 valence electrons. The standard InChI is InChI=1S/C21H31N3O4/c1-15(2)13-28-19-7-5-18(6-8-19)23-21(26)24-11-9-17(10-12-24)20(25)22-16(3)14-27-4/h5-8,16-17H,1,9-14H2,2-4H3,(H,22,25)(H,23,26)/t16-/m1/s1. The first-order valence-electron chi connectivity index (χ1n) is 9.61. The van der Waals surface area contributed by atoms with Crippen molar-refractivity contribution in [2.75, 3.05) is 38.7 Å². The van der Waals surface area contributed by atoms with Crippen molar-refractivity contribution in [1.82, 2.24) is 10.2 Å². The molecule has 1 heterocycles. The summed E-state index contributed by atoms with van der Waals surface area (Å²) in [6, 6.07) is 7.09. The van der Waals surface area contributed by atoms with Crippen molar-refractivity contribution < 1.29 is 19.1 Å². The number of piperidine rings is 1. The van der Waals surface area contributed by atoms with Gasteiger partial charge >= 0.3 is 6.03 Å². The lowest BCUT2D eigenvalue weighted by atomic mass is 9.96. The zero-order chi connectivity index (χ0) is 20.5. The van der Waals surface area contributed by atoms with Gasteiger partial charge in [0.25, 0.3) is 0 Å². The number of amides is 3. The lowest BCUT2D eigenvalue weighted by molar-refractivity contribution is -0.127. The summed E-state index contributed by atoms with van der Waals surface area (Å²) in [7, 11) is 1.61. The monoisotopic (exact) mass is 389 g/mol. The molecule has 0 aliphatic carbocycles. The molecule has 0 aromatic heterocycles. The van der Waals surface area contributed by atoms with E-state index in [2.05, 4.69) is 17.2 Å². The Morgan fingerprint density at radius 1 is 1.25 bits per heavy atom. The van der Waals surface area contributed by atoms with Crippen LogP contribution in [0.2, 0.25) is 0 Å². The molecular formula is C21H31N3O4. The average Bonchev–Trinajstić information content (AvgIpc) is 2.67. The molecular weight excluding hydrogens is 358 g/mol. The summed E-state index contributed by atoms with van der Waals surface area (Å²) in [5.41, 5.74) is 1.66. The molecule has 2 rings (SSSR count). The molecule has 1 aromatic carbocycles. The fourth-order valence-corrected chi connectivity index (χ4v) is 3.04. The highest BCUT2D eigenvalue weighted by molar-refractivity contribution is 5.89. The van der Waals surface area contributed by atoms with Crippen LogP contribution in [0.3, 0.4) is 0 Å². The van der Waals surface area contributed by atoms with Gasteiger partial charge in [-0.25, -0.2) is 4.79 Å². The SMILES string of the molecule is C=C(C)COc1ccc(NC(=O)N2CCC(C(=O)N[C@H](C)COC)CC2)cc1. The number of nitrogens with zero attached hydrogens (tertiary/aromatic N) is 1. The van der Waals surface area contributed by atoms with Gasteiger partial charge in [0, 0.05) is 37.8 Å². The number of hydrogen-bond donors (Lipinski definition) is 2. The van der Waals surface area contributed by atoms with Gasteiger partial charge in [-0.15, -0.1) is 0 Å². The Morgan fingerprint density at radius 2 is 1.89 bits per heavy atom. The van der Waals surface area contributed by atoms with E-state index < -0.39 is 0 Å². The minimum atomic E-state index is -0.151. The van der Waals surface area contributed by atoms with Crippen LogP contribution in [0.25, 0.3) is 0 Å². The van der Waals surface area contributed by atoms with Gasteiger partial charge in [0.15, 0.2) is 0 Å². The van der Waals surface area contributed by atoms with Gasteiger partial charge < -0.3 is 25.0 Å². The average molecular weight is 389 g/mol. The molecule has 0 radical (unpaired) electrons. The number of anilines is 1. The highest BCUT2D eigenvalue weighted by Crippen LogP contribution is 2.20. The molecule has 1 aromatic rings. The number of nitrogens with one attached hydrogen (secondary N) is 2. The Labute approximate surface area is 167 Å². The Bertz CT molecular complexity index is 667. The van der Waals surface area contributed by atoms with Gasteiger partial charge in [-0.1, -0.05) is 6.58 Å². The van der Waals surface area contributed by atoms with E-state index in [4.69, 9.17) is 9.47 Å². The molecule has 0 unspecified atom stereocenters. The van der Waals surface area contributed by atoms with Gasteiger partial charge in [-0.3, -0.25) is 4.79 Å². The lowest BCUT2D eigenvalue weighted by Gasteiger charge is -2.32. The second-order valence-electron chi connectivity index (χ2n) is 7.33. The molecule has 7 nitrogen and oxygen atoms in total. The molecule has 3 amide bonds. The number of benzene rings is 1. The summed E-state index contributed by atoms with van der Waals surface area (Å²) in [6.45, 7) is 9.70. The first-order valence-corrected chi connectivity index (χ1v) is 9.61. The van der Waals surface area contributed by atoms with Crippen LogP contribution in [0, 0.1) is 5.92 Å². The Morgan fingerprint density at radius 3 is 2.46 bits per heavy atom. The summed E-state index contributed by atoms with van der Waals surface area (Å²) in [4.78, 5) is 26.5. The molecule has 0 bridgehead atoms. The Balaban J connectivity index is 1.77. The maximum Gasteiger partial charge on any atom is 0.321 e. The van der Waals surface area contributed by atoms with Crippen LogP contribution in [-0.4, -0.2) is 56.3 Å². The van der Waals surface area contributed by atoms with Crippen molar-refractivity contribution in [2.45, 2.75) is 32.7 Å². The van der Waals surface area contributed by atoms with Crippen molar-refractivity contribution in [3.05, 3.63) is 36.4 Å². The third-order valence-electron chi connectivity index (χ3n) is 4.55. The number of ether oxygens (including phenoxy) is 2. The number of likely N-dealkylation sites (tertiary alicyclic amines) is 1. The van der Waals surface area contributed by atoms with Crippen molar-refractivity contribution >= 4 is 17.6 Å². The highest BCUT2D eigenvalue weighted by Gasteiger charge is 2.28. The fraction of sp³-hybridized carbons (Fsp3) is 0.524. The van der Waals surface area contributed by atoms with E-state index in [1.165, 1.54) is 0 Å². The molecule has 1 aliphatic heterocycles. The van der Waals surface area contributed by atoms with Gasteiger partial charge in [0.2, 0.25) is 5.91 Å². The quantitative estimate of drug-likeness (QED) is 0.670. The summed E-state index contributed by atoms with van der Waals surface area (Å²) in [5, 5.41) is 5.85. The molecule has 1 fully saturated rings. The topological polar surface area (TPSA) is 79.9 Å². The molecule has 0 saturated carbocycles. The number of urea groups is 1. The Kier molecular flexibility index (Phi) is 8.32. The van der Waals surface area contributed by atoms with Crippen molar-refractivity contribution in [3.8, 4) is 5.75 Å². The first kappa shape index (κ1) is 21.8. The van der Waals surface area contributed by atoms with Gasteiger partial charge in [0.1, 0.15) is 12.4 Å². The van der Waals surface area contributed by atoms with E-state index in [0.29, 0.717) is 44.8 Å².